The summed E-state index contributed by atoms with van der Waals surface area (Å²) < 4.78 is 5.39. The molecule has 2 aromatic carbocycles. The second-order valence-corrected chi connectivity index (χ2v) is 6.04. The predicted octanol–water partition coefficient (Wildman–Crippen LogP) is 0.280. The fourth-order valence-corrected chi connectivity index (χ4v) is 3.05. The van der Waals surface area contributed by atoms with E-state index in [1.165, 1.54) is 12.1 Å². The average molecular weight is 348 g/mol. The van der Waals surface area contributed by atoms with Crippen LogP contribution in [0.5, 0.6) is 11.5 Å². The first kappa shape index (κ1) is 17.7. The van der Waals surface area contributed by atoms with Gasteiger partial charge in [-0.1, -0.05) is 30.3 Å². The third-order valence-corrected chi connectivity index (χ3v) is 4.42. The highest BCUT2D eigenvalue weighted by Crippen LogP contribution is 2.43. The molecule has 6 N–H and O–H groups in total. The zero-order valence-electron chi connectivity index (χ0n) is 13.2. The minimum absolute atomic E-state index is 0.114. The van der Waals surface area contributed by atoms with Gasteiger partial charge in [0.2, 0.25) is 0 Å². The molecular formula is C18H20O7. The molecule has 0 saturated carbocycles. The molecule has 1 fully saturated rings. The van der Waals surface area contributed by atoms with Crippen molar-refractivity contribution in [3.05, 3.63) is 48.0 Å². The van der Waals surface area contributed by atoms with Gasteiger partial charge < -0.3 is 35.4 Å². The molecule has 0 bridgehead atoms. The number of phenols is 2. The van der Waals surface area contributed by atoms with Crippen molar-refractivity contribution in [1.29, 1.82) is 0 Å². The summed E-state index contributed by atoms with van der Waals surface area (Å²) in [5.41, 5.74) is 1.22. The van der Waals surface area contributed by atoms with Crippen molar-refractivity contribution in [1.82, 2.24) is 0 Å². The van der Waals surface area contributed by atoms with Gasteiger partial charge in [0.1, 0.15) is 42.0 Å². The summed E-state index contributed by atoms with van der Waals surface area (Å²) in [5, 5.41) is 59.9. The molecule has 0 aromatic heterocycles. The van der Waals surface area contributed by atoms with Crippen LogP contribution in [-0.4, -0.2) is 61.7 Å². The number of hydrogen-bond acceptors (Lipinski definition) is 7. The second kappa shape index (κ2) is 6.99. The lowest BCUT2D eigenvalue weighted by atomic mass is 9.89. The first-order valence-electron chi connectivity index (χ1n) is 7.86. The van der Waals surface area contributed by atoms with Gasteiger partial charge in [0, 0.05) is 0 Å². The monoisotopic (exact) mass is 348 g/mol. The van der Waals surface area contributed by atoms with Gasteiger partial charge in [-0.25, -0.2) is 0 Å². The van der Waals surface area contributed by atoms with Crippen LogP contribution in [0, 0.1) is 0 Å². The number of benzene rings is 2. The van der Waals surface area contributed by atoms with Gasteiger partial charge in [0.05, 0.1) is 12.2 Å². The normalized spacial score (nSPS) is 29.5. The van der Waals surface area contributed by atoms with Crippen LogP contribution in [0.3, 0.4) is 0 Å². The quantitative estimate of drug-likeness (QED) is 0.470. The summed E-state index contributed by atoms with van der Waals surface area (Å²) in [6.07, 6.45) is -7.12. The third-order valence-electron chi connectivity index (χ3n) is 4.42. The Kier molecular flexibility index (Phi) is 4.94. The Balaban J connectivity index is 2.00. The number of rotatable bonds is 3. The maximum Gasteiger partial charge on any atom is 0.125 e. The summed E-state index contributed by atoms with van der Waals surface area (Å²) in [7, 11) is 0. The summed E-state index contributed by atoms with van der Waals surface area (Å²) in [6.45, 7) is -0.592. The standard InChI is InChI=1S/C18H20O7/c19-8-13-15(22)16(23)17(24)18(25-13)14-11(20)6-10(7-12(14)21)9-4-2-1-3-5-9/h1-7,13,15-24H,8H2/t13-,15-,16+,17-,18+/m0/s1. The lowest BCUT2D eigenvalue weighted by Gasteiger charge is -2.40. The molecular weight excluding hydrogens is 328 g/mol. The van der Waals surface area contributed by atoms with Crippen LogP contribution >= 0.6 is 0 Å². The number of hydrogen-bond donors (Lipinski definition) is 6. The predicted molar refractivity (Wildman–Crippen MR) is 87.9 cm³/mol. The van der Waals surface area contributed by atoms with Crippen molar-refractivity contribution in [3.63, 3.8) is 0 Å². The Morgan fingerprint density at radius 2 is 1.40 bits per heavy atom. The van der Waals surface area contributed by atoms with Crippen molar-refractivity contribution < 1.29 is 35.4 Å². The zero-order chi connectivity index (χ0) is 18.1. The van der Waals surface area contributed by atoms with Crippen LogP contribution in [0.2, 0.25) is 0 Å². The van der Waals surface area contributed by atoms with Crippen LogP contribution < -0.4 is 0 Å². The van der Waals surface area contributed by atoms with E-state index in [4.69, 9.17) is 4.74 Å². The van der Waals surface area contributed by atoms with Crippen LogP contribution in [0.25, 0.3) is 11.1 Å². The number of aromatic hydroxyl groups is 2. The molecule has 1 saturated heterocycles. The zero-order valence-corrected chi connectivity index (χ0v) is 13.2. The Hall–Kier alpha value is -2.16. The van der Waals surface area contributed by atoms with E-state index in [0.717, 1.165) is 5.56 Å². The molecule has 1 heterocycles. The highest BCUT2D eigenvalue weighted by atomic mass is 16.5. The number of aliphatic hydroxyl groups is 4. The largest absolute Gasteiger partial charge is 0.507 e. The number of phenolic OH excluding ortho intramolecular Hbond substituents is 2. The molecule has 5 atom stereocenters. The molecule has 0 aliphatic carbocycles. The highest BCUT2D eigenvalue weighted by molar-refractivity contribution is 5.69. The molecule has 1 aliphatic heterocycles. The van der Waals surface area contributed by atoms with Gasteiger partial charge in [0.15, 0.2) is 0 Å². The van der Waals surface area contributed by atoms with Gasteiger partial charge in [0.25, 0.3) is 0 Å². The minimum atomic E-state index is -1.59. The maximum atomic E-state index is 10.4. The van der Waals surface area contributed by atoms with Crippen molar-refractivity contribution in [2.45, 2.75) is 30.5 Å². The molecule has 25 heavy (non-hydrogen) atoms. The highest BCUT2D eigenvalue weighted by Gasteiger charge is 2.45. The van der Waals surface area contributed by atoms with E-state index in [9.17, 15) is 30.6 Å². The molecule has 3 rings (SSSR count). The van der Waals surface area contributed by atoms with Gasteiger partial charge in [-0.3, -0.25) is 0 Å². The Morgan fingerprint density at radius 3 is 1.96 bits per heavy atom. The molecule has 0 unspecified atom stereocenters. The van der Waals surface area contributed by atoms with Crippen molar-refractivity contribution >= 4 is 0 Å². The summed E-state index contributed by atoms with van der Waals surface area (Å²) in [6, 6.07) is 11.9. The third kappa shape index (κ3) is 3.20. The fraction of sp³-hybridized carbons (Fsp3) is 0.333. The van der Waals surface area contributed by atoms with Gasteiger partial charge in [-0.15, -0.1) is 0 Å². The maximum absolute atomic E-state index is 10.4. The van der Waals surface area contributed by atoms with E-state index in [1.54, 1.807) is 0 Å². The average Bonchev–Trinajstić information content (AvgIpc) is 2.61. The van der Waals surface area contributed by atoms with E-state index in [-0.39, 0.29) is 17.1 Å². The van der Waals surface area contributed by atoms with Crippen LogP contribution in [0.15, 0.2) is 42.5 Å². The molecule has 0 spiro atoms. The second-order valence-electron chi connectivity index (χ2n) is 6.04. The van der Waals surface area contributed by atoms with E-state index < -0.39 is 37.1 Å². The molecule has 0 amide bonds. The topological polar surface area (TPSA) is 131 Å². The molecule has 0 radical (unpaired) electrons. The Morgan fingerprint density at radius 1 is 0.800 bits per heavy atom. The van der Waals surface area contributed by atoms with E-state index >= 15 is 0 Å². The molecule has 1 aliphatic rings. The van der Waals surface area contributed by atoms with Crippen LogP contribution in [-0.2, 0) is 4.74 Å². The van der Waals surface area contributed by atoms with E-state index in [0.29, 0.717) is 5.56 Å². The molecule has 7 heteroatoms. The molecule has 7 nitrogen and oxygen atoms in total. The Labute approximate surface area is 144 Å². The molecule has 134 valence electrons. The van der Waals surface area contributed by atoms with E-state index in [2.05, 4.69) is 0 Å². The van der Waals surface area contributed by atoms with E-state index in [1.807, 2.05) is 30.3 Å². The Bertz CT molecular complexity index is 708. The van der Waals surface area contributed by atoms with Crippen LogP contribution in [0.4, 0.5) is 0 Å². The first-order chi connectivity index (χ1) is 11.9. The number of ether oxygens (including phenoxy) is 1. The summed E-state index contributed by atoms with van der Waals surface area (Å²) >= 11 is 0. The van der Waals surface area contributed by atoms with Crippen molar-refractivity contribution in [2.75, 3.05) is 6.61 Å². The summed E-state index contributed by atoms with van der Waals surface area (Å²) in [5.74, 6) is -0.661. The van der Waals surface area contributed by atoms with Crippen LogP contribution in [0.1, 0.15) is 11.7 Å². The van der Waals surface area contributed by atoms with Gasteiger partial charge >= 0.3 is 0 Å². The number of aliphatic hydroxyl groups excluding tert-OH is 4. The fourth-order valence-electron chi connectivity index (χ4n) is 3.05. The van der Waals surface area contributed by atoms with Gasteiger partial charge in [-0.05, 0) is 23.3 Å². The molecule has 2 aromatic rings. The SMILES string of the molecule is OC[C@@H]1O[C@H](c2c(O)cc(-c3ccccc3)cc2O)[C@@H](O)[C@H](O)[C@H]1O. The summed E-state index contributed by atoms with van der Waals surface area (Å²) in [4.78, 5) is 0. The lowest BCUT2D eigenvalue weighted by Crippen LogP contribution is -2.55. The first-order valence-corrected chi connectivity index (χ1v) is 7.86. The van der Waals surface area contributed by atoms with Crippen molar-refractivity contribution in [2.24, 2.45) is 0 Å². The van der Waals surface area contributed by atoms with Gasteiger partial charge in [-0.2, -0.15) is 0 Å². The van der Waals surface area contributed by atoms with Crippen molar-refractivity contribution in [3.8, 4) is 22.6 Å². The minimum Gasteiger partial charge on any atom is -0.507 e. The smallest absolute Gasteiger partial charge is 0.125 e. The lowest BCUT2D eigenvalue weighted by molar-refractivity contribution is -0.232.